The van der Waals surface area contributed by atoms with Gasteiger partial charge in [-0.15, -0.1) is 0 Å². The monoisotopic (exact) mass is 208 g/mol. The molecule has 2 N–H and O–H groups in total. The number of aromatic nitrogens is 3. The van der Waals surface area contributed by atoms with Gasteiger partial charge in [-0.1, -0.05) is 13.8 Å². The van der Waals surface area contributed by atoms with E-state index in [4.69, 9.17) is 0 Å². The van der Waals surface area contributed by atoms with Gasteiger partial charge in [0.2, 0.25) is 5.82 Å². The molecule has 1 aliphatic carbocycles. The van der Waals surface area contributed by atoms with E-state index < -0.39 is 0 Å². The zero-order valence-corrected chi connectivity index (χ0v) is 9.08. The van der Waals surface area contributed by atoms with Crippen molar-refractivity contribution in [2.75, 3.05) is 0 Å². The molecule has 1 amide bonds. The standard InChI is InChI=1S/C10H16N4O/c1-10(2)4-3-7(5-10)13-9(15)8-11-6-12-14-8/h6-7H,3-5H2,1-2H3,(H,13,15)(H,11,12,14). The third-order valence-corrected chi connectivity index (χ3v) is 2.93. The average Bonchev–Trinajstić information content (AvgIpc) is 2.74. The van der Waals surface area contributed by atoms with Gasteiger partial charge >= 0.3 is 0 Å². The number of aromatic amines is 1. The molecule has 0 spiro atoms. The summed E-state index contributed by atoms with van der Waals surface area (Å²) in [6.07, 6.45) is 4.58. The molecule has 82 valence electrons. The van der Waals surface area contributed by atoms with Gasteiger partial charge in [0.25, 0.3) is 5.91 Å². The lowest BCUT2D eigenvalue weighted by atomic mass is 9.92. The van der Waals surface area contributed by atoms with Crippen LogP contribution in [-0.4, -0.2) is 27.1 Å². The van der Waals surface area contributed by atoms with Crippen LogP contribution in [0.5, 0.6) is 0 Å². The zero-order chi connectivity index (χ0) is 10.9. The predicted octanol–water partition coefficient (Wildman–Crippen LogP) is 1.11. The molecule has 1 atom stereocenters. The van der Waals surface area contributed by atoms with Gasteiger partial charge in [-0.05, 0) is 24.7 Å². The third kappa shape index (κ3) is 2.34. The normalized spacial score (nSPS) is 24.0. The summed E-state index contributed by atoms with van der Waals surface area (Å²) in [5, 5.41) is 9.17. The first-order valence-corrected chi connectivity index (χ1v) is 5.23. The molecular formula is C10H16N4O. The van der Waals surface area contributed by atoms with E-state index in [0.717, 1.165) is 19.3 Å². The van der Waals surface area contributed by atoms with Crippen molar-refractivity contribution < 1.29 is 4.79 Å². The summed E-state index contributed by atoms with van der Waals surface area (Å²) in [4.78, 5) is 15.4. The highest BCUT2D eigenvalue weighted by atomic mass is 16.2. The number of nitrogens with zero attached hydrogens (tertiary/aromatic N) is 2. The molecule has 1 heterocycles. The maximum Gasteiger partial charge on any atom is 0.288 e. The summed E-state index contributed by atoms with van der Waals surface area (Å²) in [6, 6.07) is 0.276. The van der Waals surface area contributed by atoms with Gasteiger partial charge in [-0.25, -0.2) is 4.98 Å². The molecule has 1 unspecified atom stereocenters. The largest absolute Gasteiger partial charge is 0.347 e. The third-order valence-electron chi connectivity index (χ3n) is 2.93. The fraction of sp³-hybridized carbons (Fsp3) is 0.700. The van der Waals surface area contributed by atoms with Crippen LogP contribution in [0.1, 0.15) is 43.7 Å². The lowest BCUT2D eigenvalue weighted by molar-refractivity contribution is 0.0926. The molecule has 0 radical (unpaired) electrons. The van der Waals surface area contributed by atoms with E-state index >= 15 is 0 Å². The lowest BCUT2D eigenvalue weighted by Crippen LogP contribution is -2.34. The fourth-order valence-corrected chi connectivity index (χ4v) is 2.13. The Morgan fingerprint density at radius 3 is 3.00 bits per heavy atom. The highest BCUT2D eigenvalue weighted by Crippen LogP contribution is 2.36. The Hall–Kier alpha value is -1.39. The molecule has 2 rings (SSSR count). The smallest absolute Gasteiger partial charge is 0.288 e. The van der Waals surface area contributed by atoms with Crippen molar-refractivity contribution in [3.63, 3.8) is 0 Å². The lowest BCUT2D eigenvalue weighted by Gasteiger charge is -2.17. The van der Waals surface area contributed by atoms with Gasteiger partial charge in [0.15, 0.2) is 0 Å². The number of H-pyrrole nitrogens is 1. The Morgan fingerprint density at radius 2 is 2.47 bits per heavy atom. The average molecular weight is 208 g/mol. The van der Waals surface area contributed by atoms with E-state index in [1.807, 2.05) is 0 Å². The van der Waals surface area contributed by atoms with E-state index in [1.54, 1.807) is 0 Å². The van der Waals surface area contributed by atoms with Gasteiger partial charge in [-0.2, -0.15) is 5.10 Å². The minimum Gasteiger partial charge on any atom is -0.347 e. The van der Waals surface area contributed by atoms with E-state index in [1.165, 1.54) is 6.33 Å². The second-order valence-corrected chi connectivity index (χ2v) is 4.91. The first-order valence-electron chi connectivity index (χ1n) is 5.23. The topological polar surface area (TPSA) is 70.7 Å². The number of amides is 1. The summed E-state index contributed by atoms with van der Waals surface area (Å²) in [5.41, 5.74) is 0.347. The minimum absolute atomic E-state index is 0.157. The fourth-order valence-electron chi connectivity index (χ4n) is 2.13. The zero-order valence-electron chi connectivity index (χ0n) is 9.08. The van der Waals surface area contributed by atoms with Crippen LogP contribution in [0.15, 0.2) is 6.33 Å². The number of hydrogen-bond acceptors (Lipinski definition) is 3. The van der Waals surface area contributed by atoms with E-state index in [0.29, 0.717) is 11.2 Å². The van der Waals surface area contributed by atoms with E-state index in [9.17, 15) is 4.79 Å². The molecule has 0 aliphatic heterocycles. The highest BCUT2D eigenvalue weighted by Gasteiger charge is 2.32. The predicted molar refractivity (Wildman–Crippen MR) is 55.3 cm³/mol. The van der Waals surface area contributed by atoms with E-state index in [-0.39, 0.29) is 11.9 Å². The van der Waals surface area contributed by atoms with Crippen molar-refractivity contribution >= 4 is 5.91 Å². The number of nitrogens with one attached hydrogen (secondary N) is 2. The first kappa shape index (κ1) is 10.1. The molecule has 0 bridgehead atoms. The van der Waals surface area contributed by atoms with Gasteiger partial charge in [0, 0.05) is 6.04 Å². The maximum atomic E-state index is 11.6. The molecule has 5 nitrogen and oxygen atoms in total. The second kappa shape index (κ2) is 3.64. The van der Waals surface area contributed by atoms with Crippen molar-refractivity contribution in [2.24, 2.45) is 5.41 Å². The molecule has 5 heteroatoms. The molecule has 15 heavy (non-hydrogen) atoms. The number of hydrogen-bond donors (Lipinski definition) is 2. The maximum absolute atomic E-state index is 11.6. The van der Waals surface area contributed by atoms with Crippen LogP contribution in [0, 0.1) is 5.41 Å². The minimum atomic E-state index is -0.157. The van der Waals surface area contributed by atoms with Crippen LogP contribution in [0.25, 0.3) is 0 Å². The number of rotatable bonds is 2. The van der Waals surface area contributed by atoms with Crippen LogP contribution in [0.4, 0.5) is 0 Å². The van der Waals surface area contributed by atoms with Crippen LogP contribution in [-0.2, 0) is 0 Å². The van der Waals surface area contributed by atoms with Crippen molar-refractivity contribution in [3.8, 4) is 0 Å². The Labute approximate surface area is 88.7 Å². The van der Waals surface area contributed by atoms with Gasteiger partial charge in [-0.3, -0.25) is 9.89 Å². The summed E-state index contributed by atoms with van der Waals surface area (Å²) in [6.45, 7) is 4.46. The Bertz CT molecular complexity index is 344. The Kier molecular flexibility index (Phi) is 2.46. The first-order chi connectivity index (χ1) is 7.07. The SMILES string of the molecule is CC1(C)CCC(NC(=O)c2ncn[nH]2)C1. The second-order valence-electron chi connectivity index (χ2n) is 4.91. The summed E-state index contributed by atoms with van der Waals surface area (Å²) >= 11 is 0. The summed E-state index contributed by atoms with van der Waals surface area (Å²) in [7, 11) is 0. The van der Waals surface area contributed by atoms with E-state index in [2.05, 4.69) is 34.3 Å². The molecular weight excluding hydrogens is 192 g/mol. The van der Waals surface area contributed by atoms with Crippen molar-refractivity contribution in [2.45, 2.75) is 39.2 Å². The molecule has 1 saturated carbocycles. The van der Waals surface area contributed by atoms with Crippen LogP contribution >= 0.6 is 0 Å². The van der Waals surface area contributed by atoms with Crippen molar-refractivity contribution in [1.82, 2.24) is 20.5 Å². The summed E-state index contributed by atoms with van der Waals surface area (Å²) < 4.78 is 0. The quantitative estimate of drug-likeness (QED) is 0.765. The number of carbonyl (C=O) groups excluding carboxylic acids is 1. The van der Waals surface area contributed by atoms with Crippen LogP contribution in [0.3, 0.4) is 0 Å². The van der Waals surface area contributed by atoms with Crippen molar-refractivity contribution in [3.05, 3.63) is 12.2 Å². The van der Waals surface area contributed by atoms with Gasteiger partial charge in [0.1, 0.15) is 6.33 Å². The Morgan fingerprint density at radius 1 is 1.67 bits per heavy atom. The van der Waals surface area contributed by atoms with Crippen molar-refractivity contribution in [1.29, 1.82) is 0 Å². The molecule has 1 aromatic rings. The number of carbonyl (C=O) groups is 1. The van der Waals surface area contributed by atoms with Gasteiger partial charge in [0.05, 0.1) is 0 Å². The molecule has 0 saturated heterocycles. The summed E-state index contributed by atoms with van der Waals surface area (Å²) in [5.74, 6) is 0.134. The van der Waals surface area contributed by atoms with Crippen LogP contribution in [0.2, 0.25) is 0 Å². The van der Waals surface area contributed by atoms with Crippen LogP contribution < -0.4 is 5.32 Å². The molecule has 1 fully saturated rings. The Balaban J connectivity index is 1.91. The molecule has 1 aromatic heterocycles. The highest BCUT2D eigenvalue weighted by molar-refractivity contribution is 5.90. The molecule has 0 aromatic carbocycles. The molecule has 1 aliphatic rings. The van der Waals surface area contributed by atoms with Gasteiger partial charge < -0.3 is 5.32 Å².